The molecule has 2 heteroatoms. The van der Waals surface area contributed by atoms with Gasteiger partial charge in [0.1, 0.15) is 5.60 Å². The molecule has 0 radical (unpaired) electrons. The minimum atomic E-state index is -0.884. The maximum absolute atomic E-state index is 9.84. The van der Waals surface area contributed by atoms with Crippen LogP contribution in [-0.2, 0) is 0 Å². The van der Waals surface area contributed by atoms with Crippen molar-refractivity contribution >= 4 is 0 Å². The topological polar surface area (TPSA) is 32.3 Å². The van der Waals surface area contributed by atoms with E-state index in [1.807, 2.05) is 13.8 Å². The van der Waals surface area contributed by atoms with Gasteiger partial charge >= 0.3 is 0 Å². The summed E-state index contributed by atoms with van der Waals surface area (Å²) in [5, 5.41) is 13.1. The summed E-state index contributed by atoms with van der Waals surface area (Å²) in [4.78, 5) is 0. The van der Waals surface area contributed by atoms with Crippen molar-refractivity contribution in [3.63, 3.8) is 0 Å². The van der Waals surface area contributed by atoms with Crippen molar-refractivity contribution in [1.29, 1.82) is 0 Å². The van der Waals surface area contributed by atoms with Crippen molar-refractivity contribution in [2.75, 3.05) is 6.54 Å². The summed E-state index contributed by atoms with van der Waals surface area (Å²) in [6, 6.07) is 0.326. The van der Waals surface area contributed by atoms with E-state index in [2.05, 4.69) is 11.2 Å². The fraction of sp³-hybridized carbons (Fsp3) is 0.778. The number of hydrogen-bond donors (Lipinski definition) is 2. The molecule has 1 aliphatic rings. The molecule has 0 aromatic heterocycles. The number of aliphatic hydroxyl groups is 1. The first-order valence-electron chi connectivity index (χ1n) is 4.02. The quantitative estimate of drug-likeness (QED) is 0.493. The van der Waals surface area contributed by atoms with Gasteiger partial charge < -0.3 is 10.4 Å². The third kappa shape index (κ3) is 1.55. The summed E-state index contributed by atoms with van der Waals surface area (Å²) in [5.74, 6) is 2.63. The maximum atomic E-state index is 9.84. The van der Waals surface area contributed by atoms with Gasteiger partial charge in [0.25, 0.3) is 0 Å². The first-order valence-corrected chi connectivity index (χ1v) is 4.02. The second-order valence-electron chi connectivity index (χ2n) is 3.48. The first-order chi connectivity index (χ1) is 5.08. The normalized spacial score (nSPS) is 44.9. The Hall–Kier alpha value is -0.520. The van der Waals surface area contributed by atoms with Gasteiger partial charge in [0.2, 0.25) is 0 Å². The van der Waals surface area contributed by atoms with E-state index < -0.39 is 5.60 Å². The highest BCUT2D eigenvalue weighted by molar-refractivity contribution is 5.13. The van der Waals surface area contributed by atoms with Crippen molar-refractivity contribution in [3.05, 3.63) is 0 Å². The number of terminal acetylenes is 1. The van der Waals surface area contributed by atoms with Gasteiger partial charge in [-0.05, 0) is 6.92 Å². The third-order valence-electron chi connectivity index (χ3n) is 2.46. The summed E-state index contributed by atoms with van der Waals surface area (Å²) in [6.45, 7) is 4.81. The smallest absolute Gasteiger partial charge is 0.130 e. The molecule has 1 aliphatic heterocycles. The Labute approximate surface area is 68.0 Å². The number of piperidine rings is 1. The SMILES string of the molecule is C#C[C@]1(O)C[C@H](C)NC[C@H]1C. The molecule has 2 N–H and O–H groups in total. The van der Waals surface area contributed by atoms with Crippen molar-refractivity contribution in [3.8, 4) is 12.3 Å². The van der Waals surface area contributed by atoms with Crippen molar-refractivity contribution in [1.82, 2.24) is 5.32 Å². The van der Waals surface area contributed by atoms with E-state index in [1.165, 1.54) is 0 Å². The number of rotatable bonds is 0. The Bertz CT molecular complexity index is 184. The Morgan fingerprint density at radius 2 is 2.27 bits per heavy atom. The van der Waals surface area contributed by atoms with Crippen molar-refractivity contribution in [2.45, 2.75) is 31.9 Å². The second kappa shape index (κ2) is 2.84. The molecule has 0 amide bonds. The van der Waals surface area contributed by atoms with Crippen LogP contribution in [0.2, 0.25) is 0 Å². The van der Waals surface area contributed by atoms with Gasteiger partial charge in [-0.15, -0.1) is 6.42 Å². The van der Waals surface area contributed by atoms with Gasteiger partial charge in [-0.25, -0.2) is 0 Å². The van der Waals surface area contributed by atoms with E-state index in [0.29, 0.717) is 12.5 Å². The summed E-state index contributed by atoms with van der Waals surface area (Å²) < 4.78 is 0. The van der Waals surface area contributed by atoms with E-state index >= 15 is 0 Å². The van der Waals surface area contributed by atoms with Gasteiger partial charge in [0.15, 0.2) is 0 Å². The van der Waals surface area contributed by atoms with Crippen LogP contribution in [0.5, 0.6) is 0 Å². The lowest BCUT2D eigenvalue weighted by molar-refractivity contribution is 0.00776. The monoisotopic (exact) mass is 153 g/mol. The molecule has 62 valence electrons. The minimum absolute atomic E-state index is 0.156. The van der Waals surface area contributed by atoms with Crippen LogP contribution >= 0.6 is 0 Å². The van der Waals surface area contributed by atoms with Crippen LogP contribution < -0.4 is 5.32 Å². The van der Waals surface area contributed by atoms with Crippen molar-refractivity contribution < 1.29 is 5.11 Å². The zero-order chi connectivity index (χ0) is 8.48. The molecule has 3 atom stereocenters. The highest BCUT2D eigenvalue weighted by Gasteiger charge is 2.36. The molecule has 0 aliphatic carbocycles. The lowest BCUT2D eigenvalue weighted by Crippen LogP contribution is -2.52. The molecule has 0 aromatic carbocycles. The predicted octanol–water partition coefficient (Wildman–Crippen LogP) is 0.369. The van der Waals surface area contributed by atoms with Gasteiger partial charge in [0, 0.05) is 24.9 Å². The second-order valence-corrected chi connectivity index (χ2v) is 3.48. The van der Waals surface area contributed by atoms with E-state index in [0.717, 1.165) is 6.54 Å². The zero-order valence-electron chi connectivity index (χ0n) is 7.09. The lowest BCUT2D eigenvalue weighted by Gasteiger charge is -2.37. The molecule has 1 saturated heterocycles. The molecule has 1 rings (SSSR count). The maximum Gasteiger partial charge on any atom is 0.130 e. The van der Waals surface area contributed by atoms with Crippen LogP contribution in [0.1, 0.15) is 20.3 Å². The van der Waals surface area contributed by atoms with Gasteiger partial charge in [-0.3, -0.25) is 0 Å². The molecule has 0 unspecified atom stereocenters. The van der Waals surface area contributed by atoms with Gasteiger partial charge in [0.05, 0.1) is 0 Å². The fourth-order valence-corrected chi connectivity index (χ4v) is 1.49. The summed E-state index contributed by atoms with van der Waals surface area (Å²) in [6.07, 6.45) is 5.92. The summed E-state index contributed by atoms with van der Waals surface area (Å²) >= 11 is 0. The standard InChI is InChI=1S/C9H15NO/c1-4-9(11)5-8(3)10-6-7(9)2/h1,7-8,10-11H,5-6H2,2-3H3/t7-,8+,9+/m1/s1. The van der Waals surface area contributed by atoms with Crippen LogP contribution in [0.15, 0.2) is 0 Å². The third-order valence-corrected chi connectivity index (χ3v) is 2.46. The summed E-state index contributed by atoms with van der Waals surface area (Å²) in [5.41, 5.74) is -0.884. The molecule has 1 fully saturated rings. The van der Waals surface area contributed by atoms with Gasteiger partial charge in [-0.2, -0.15) is 0 Å². The molecule has 11 heavy (non-hydrogen) atoms. The molecule has 1 heterocycles. The largest absolute Gasteiger partial charge is 0.377 e. The fourth-order valence-electron chi connectivity index (χ4n) is 1.49. The first kappa shape index (κ1) is 8.58. The Kier molecular flexibility index (Phi) is 2.22. The number of hydrogen-bond acceptors (Lipinski definition) is 2. The van der Waals surface area contributed by atoms with Crippen LogP contribution in [0.4, 0.5) is 0 Å². The Morgan fingerprint density at radius 1 is 1.64 bits per heavy atom. The lowest BCUT2D eigenvalue weighted by atomic mass is 9.81. The van der Waals surface area contributed by atoms with E-state index in [1.54, 1.807) is 0 Å². The van der Waals surface area contributed by atoms with E-state index in [-0.39, 0.29) is 5.92 Å². The Balaban J connectivity index is 2.70. The van der Waals surface area contributed by atoms with E-state index in [9.17, 15) is 5.11 Å². The molecular weight excluding hydrogens is 138 g/mol. The van der Waals surface area contributed by atoms with Crippen LogP contribution in [-0.4, -0.2) is 23.3 Å². The zero-order valence-corrected chi connectivity index (χ0v) is 7.09. The average Bonchev–Trinajstić information content (AvgIpc) is 1.98. The van der Waals surface area contributed by atoms with E-state index in [4.69, 9.17) is 6.42 Å². The van der Waals surface area contributed by atoms with Crippen LogP contribution in [0, 0.1) is 18.3 Å². The highest BCUT2D eigenvalue weighted by Crippen LogP contribution is 2.25. The molecule has 0 bridgehead atoms. The van der Waals surface area contributed by atoms with Gasteiger partial charge in [-0.1, -0.05) is 12.8 Å². The molecular formula is C9H15NO. The molecule has 0 saturated carbocycles. The average molecular weight is 153 g/mol. The number of nitrogens with one attached hydrogen (secondary N) is 1. The Morgan fingerprint density at radius 3 is 2.73 bits per heavy atom. The van der Waals surface area contributed by atoms with Crippen LogP contribution in [0.3, 0.4) is 0 Å². The molecule has 0 spiro atoms. The molecule has 2 nitrogen and oxygen atoms in total. The predicted molar refractivity (Wildman–Crippen MR) is 45.0 cm³/mol. The summed E-state index contributed by atoms with van der Waals surface area (Å²) in [7, 11) is 0. The molecule has 0 aromatic rings. The van der Waals surface area contributed by atoms with Crippen LogP contribution in [0.25, 0.3) is 0 Å². The van der Waals surface area contributed by atoms with Crippen molar-refractivity contribution in [2.24, 2.45) is 5.92 Å². The minimum Gasteiger partial charge on any atom is -0.377 e. The highest BCUT2D eigenvalue weighted by atomic mass is 16.3.